The zero-order valence-electron chi connectivity index (χ0n) is 15.9. The van der Waals surface area contributed by atoms with E-state index < -0.39 is 0 Å². The molecule has 8 heteroatoms. The van der Waals surface area contributed by atoms with Crippen molar-refractivity contribution in [3.8, 4) is 22.1 Å². The van der Waals surface area contributed by atoms with Crippen LogP contribution in [0.15, 0.2) is 48.5 Å². The van der Waals surface area contributed by atoms with Crippen LogP contribution in [0.25, 0.3) is 10.6 Å². The van der Waals surface area contributed by atoms with E-state index in [-0.39, 0.29) is 5.91 Å². The first kappa shape index (κ1) is 19.8. The quantitative estimate of drug-likeness (QED) is 0.577. The standard InChI is InChI=1S/C20H21N3O4S/c1-25-13-12-23(19(24)15-6-10-17(27-3)11-7-15)20-22-21-18(28-20)14-4-8-16(26-2)9-5-14/h4-11H,12-13H2,1-3H3. The Morgan fingerprint density at radius 2 is 1.54 bits per heavy atom. The lowest BCUT2D eigenvalue weighted by Gasteiger charge is -2.19. The van der Waals surface area contributed by atoms with Gasteiger partial charge in [0.25, 0.3) is 5.91 Å². The molecule has 0 fully saturated rings. The third-order valence-electron chi connectivity index (χ3n) is 4.08. The predicted octanol–water partition coefficient (Wildman–Crippen LogP) is 3.52. The first-order valence-corrected chi connectivity index (χ1v) is 9.40. The number of ether oxygens (including phenoxy) is 3. The van der Waals surface area contributed by atoms with Crippen LogP contribution in [-0.4, -0.2) is 50.6 Å². The monoisotopic (exact) mass is 399 g/mol. The van der Waals surface area contributed by atoms with Gasteiger partial charge in [-0.25, -0.2) is 0 Å². The molecule has 0 N–H and O–H groups in total. The maximum absolute atomic E-state index is 13.0. The zero-order valence-corrected chi connectivity index (χ0v) is 16.7. The van der Waals surface area contributed by atoms with E-state index in [9.17, 15) is 4.79 Å². The molecule has 1 amide bonds. The summed E-state index contributed by atoms with van der Waals surface area (Å²) in [6.07, 6.45) is 0. The molecule has 0 aliphatic carbocycles. The van der Waals surface area contributed by atoms with Crippen LogP contribution in [0, 0.1) is 0 Å². The molecular formula is C20H21N3O4S. The zero-order chi connectivity index (χ0) is 19.9. The van der Waals surface area contributed by atoms with Crippen LogP contribution in [0.3, 0.4) is 0 Å². The van der Waals surface area contributed by atoms with Gasteiger partial charge in [0.05, 0.1) is 27.4 Å². The molecule has 0 bridgehead atoms. The van der Waals surface area contributed by atoms with Crippen LogP contribution in [0.2, 0.25) is 0 Å². The molecular weight excluding hydrogens is 378 g/mol. The molecule has 0 saturated heterocycles. The van der Waals surface area contributed by atoms with Gasteiger partial charge in [-0.3, -0.25) is 9.69 Å². The van der Waals surface area contributed by atoms with Crippen molar-refractivity contribution >= 4 is 22.4 Å². The number of benzene rings is 2. The summed E-state index contributed by atoms with van der Waals surface area (Å²) in [5, 5.41) is 9.72. The van der Waals surface area contributed by atoms with Gasteiger partial charge < -0.3 is 14.2 Å². The van der Waals surface area contributed by atoms with Gasteiger partial charge in [-0.15, -0.1) is 10.2 Å². The minimum atomic E-state index is -0.169. The summed E-state index contributed by atoms with van der Waals surface area (Å²) < 4.78 is 15.5. The molecule has 0 spiro atoms. The topological polar surface area (TPSA) is 73.8 Å². The lowest BCUT2D eigenvalue weighted by atomic mass is 10.2. The Morgan fingerprint density at radius 3 is 2.11 bits per heavy atom. The molecule has 0 unspecified atom stereocenters. The molecule has 1 heterocycles. The van der Waals surface area contributed by atoms with Crippen molar-refractivity contribution < 1.29 is 19.0 Å². The van der Waals surface area contributed by atoms with Gasteiger partial charge in [0.2, 0.25) is 5.13 Å². The predicted molar refractivity (Wildman–Crippen MR) is 108 cm³/mol. The van der Waals surface area contributed by atoms with Crippen LogP contribution >= 0.6 is 11.3 Å². The maximum atomic E-state index is 13.0. The van der Waals surface area contributed by atoms with Crippen molar-refractivity contribution in [2.24, 2.45) is 0 Å². The van der Waals surface area contributed by atoms with Crippen molar-refractivity contribution in [2.75, 3.05) is 39.4 Å². The Morgan fingerprint density at radius 1 is 0.929 bits per heavy atom. The SMILES string of the molecule is COCCN(C(=O)c1ccc(OC)cc1)c1nnc(-c2ccc(OC)cc2)s1. The highest BCUT2D eigenvalue weighted by molar-refractivity contribution is 7.18. The Labute approximate surface area is 167 Å². The number of anilines is 1. The van der Waals surface area contributed by atoms with Gasteiger partial charge in [-0.2, -0.15) is 0 Å². The molecule has 2 aromatic carbocycles. The van der Waals surface area contributed by atoms with Crippen LogP contribution in [0.1, 0.15) is 10.4 Å². The van der Waals surface area contributed by atoms with E-state index in [4.69, 9.17) is 14.2 Å². The lowest BCUT2D eigenvalue weighted by Crippen LogP contribution is -2.33. The van der Waals surface area contributed by atoms with Gasteiger partial charge in [0.1, 0.15) is 16.5 Å². The average Bonchev–Trinajstić information content (AvgIpc) is 3.24. The summed E-state index contributed by atoms with van der Waals surface area (Å²) in [6, 6.07) is 14.5. The number of carbonyl (C=O) groups excluding carboxylic acids is 1. The fourth-order valence-corrected chi connectivity index (χ4v) is 3.41. The maximum Gasteiger partial charge on any atom is 0.260 e. The Kier molecular flexibility index (Phi) is 6.57. The normalized spacial score (nSPS) is 10.5. The van der Waals surface area contributed by atoms with Gasteiger partial charge >= 0.3 is 0 Å². The van der Waals surface area contributed by atoms with Crippen LogP contribution < -0.4 is 14.4 Å². The smallest absolute Gasteiger partial charge is 0.260 e. The molecule has 0 aliphatic heterocycles. The first-order chi connectivity index (χ1) is 13.7. The Hall–Kier alpha value is -2.97. The van der Waals surface area contributed by atoms with E-state index in [1.807, 2.05) is 24.3 Å². The highest BCUT2D eigenvalue weighted by Crippen LogP contribution is 2.30. The summed E-state index contributed by atoms with van der Waals surface area (Å²) >= 11 is 1.35. The Bertz CT molecular complexity index is 910. The number of aromatic nitrogens is 2. The van der Waals surface area contributed by atoms with Crippen molar-refractivity contribution in [3.05, 3.63) is 54.1 Å². The van der Waals surface area contributed by atoms with Crippen LogP contribution in [0.5, 0.6) is 11.5 Å². The van der Waals surface area contributed by atoms with E-state index >= 15 is 0 Å². The number of hydrogen-bond acceptors (Lipinski definition) is 7. The fraction of sp³-hybridized carbons (Fsp3) is 0.250. The minimum Gasteiger partial charge on any atom is -0.497 e. The van der Waals surface area contributed by atoms with E-state index in [1.165, 1.54) is 11.3 Å². The molecule has 3 rings (SSSR count). The summed E-state index contributed by atoms with van der Waals surface area (Å²) in [4.78, 5) is 14.6. The second-order valence-corrected chi connectivity index (χ2v) is 6.75. The van der Waals surface area contributed by atoms with Crippen molar-refractivity contribution in [3.63, 3.8) is 0 Å². The summed E-state index contributed by atoms with van der Waals surface area (Å²) in [5.74, 6) is 1.29. The molecule has 0 radical (unpaired) electrons. The largest absolute Gasteiger partial charge is 0.497 e. The number of hydrogen-bond donors (Lipinski definition) is 0. The fourth-order valence-electron chi connectivity index (χ4n) is 2.53. The Balaban J connectivity index is 1.86. The molecule has 0 saturated carbocycles. The third kappa shape index (κ3) is 4.47. The summed E-state index contributed by atoms with van der Waals surface area (Å²) in [7, 11) is 4.80. The van der Waals surface area contributed by atoms with E-state index in [2.05, 4.69) is 10.2 Å². The highest BCUT2D eigenvalue weighted by Gasteiger charge is 2.22. The third-order valence-corrected chi connectivity index (χ3v) is 5.08. The number of nitrogens with zero attached hydrogens (tertiary/aromatic N) is 3. The number of carbonyl (C=O) groups is 1. The summed E-state index contributed by atoms with van der Waals surface area (Å²) in [6.45, 7) is 0.762. The first-order valence-electron chi connectivity index (χ1n) is 8.59. The van der Waals surface area contributed by atoms with Crippen molar-refractivity contribution in [2.45, 2.75) is 0 Å². The number of methoxy groups -OCH3 is 3. The highest BCUT2D eigenvalue weighted by atomic mass is 32.1. The van der Waals surface area contributed by atoms with E-state index in [0.717, 1.165) is 16.3 Å². The van der Waals surface area contributed by atoms with Gasteiger partial charge in [-0.1, -0.05) is 11.3 Å². The van der Waals surface area contributed by atoms with E-state index in [0.29, 0.717) is 29.6 Å². The van der Waals surface area contributed by atoms with Gasteiger partial charge in [-0.05, 0) is 48.5 Å². The average molecular weight is 399 g/mol. The lowest BCUT2D eigenvalue weighted by molar-refractivity contribution is 0.0975. The molecule has 1 aromatic heterocycles. The molecule has 0 aliphatic rings. The molecule has 7 nitrogen and oxygen atoms in total. The van der Waals surface area contributed by atoms with Crippen LogP contribution in [-0.2, 0) is 4.74 Å². The molecule has 0 atom stereocenters. The van der Waals surface area contributed by atoms with Crippen molar-refractivity contribution in [1.82, 2.24) is 10.2 Å². The molecule has 146 valence electrons. The second kappa shape index (κ2) is 9.29. The molecule has 28 heavy (non-hydrogen) atoms. The molecule has 3 aromatic rings. The van der Waals surface area contributed by atoms with Gasteiger partial charge in [0.15, 0.2) is 0 Å². The van der Waals surface area contributed by atoms with Crippen LogP contribution in [0.4, 0.5) is 5.13 Å². The number of amides is 1. The second-order valence-electron chi connectivity index (χ2n) is 5.80. The van der Waals surface area contributed by atoms with Crippen molar-refractivity contribution in [1.29, 1.82) is 0 Å². The number of rotatable bonds is 8. The van der Waals surface area contributed by atoms with E-state index in [1.54, 1.807) is 50.5 Å². The van der Waals surface area contributed by atoms with Gasteiger partial charge in [0, 0.05) is 18.2 Å². The summed E-state index contributed by atoms with van der Waals surface area (Å²) in [5.41, 5.74) is 1.45. The minimum absolute atomic E-state index is 0.169.